The number of aryl methyl sites for hydroxylation is 1. The van der Waals surface area contributed by atoms with Crippen molar-refractivity contribution in [3.05, 3.63) is 70.1 Å². The second-order valence-electron chi connectivity index (χ2n) is 8.10. The third kappa shape index (κ3) is 5.01. The van der Waals surface area contributed by atoms with Crippen molar-refractivity contribution in [2.24, 2.45) is 0 Å². The van der Waals surface area contributed by atoms with E-state index in [1.54, 1.807) is 24.3 Å². The van der Waals surface area contributed by atoms with E-state index in [9.17, 15) is 27.6 Å². The van der Waals surface area contributed by atoms with E-state index in [0.717, 1.165) is 4.90 Å². The molecule has 0 bridgehead atoms. The van der Waals surface area contributed by atoms with Gasteiger partial charge >= 0.3 is 17.8 Å². The van der Waals surface area contributed by atoms with Crippen LogP contribution in [0.15, 0.2) is 57.7 Å². The summed E-state index contributed by atoms with van der Waals surface area (Å²) >= 11 is 0. The lowest BCUT2D eigenvalue weighted by Crippen LogP contribution is -2.34. The lowest BCUT2D eigenvalue weighted by Gasteiger charge is -2.18. The summed E-state index contributed by atoms with van der Waals surface area (Å²) < 4.78 is 51.3. The van der Waals surface area contributed by atoms with Crippen LogP contribution in [0.4, 0.5) is 23.7 Å². The molecule has 0 radical (unpaired) electrons. The van der Waals surface area contributed by atoms with E-state index in [2.05, 4.69) is 0 Å². The van der Waals surface area contributed by atoms with E-state index >= 15 is 0 Å². The minimum atomic E-state index is -4.71. The summed E-state index contributed by atoms with van der Waals surface area (Å²) in [5, 5.41) is -0.206. The number of imide groups is 1. The average molecular weight is 488 g/mol. The van der Waals surface area contributed by atoms with Gasteiger partial charge in [-0.1, -0.05) is 31.5 Å². The molecule has 0 atom stereocenters. The lowest BCUT2D eigenvalue weighted by molar-refractivity contribution is -0.136. The molecule has 1 saturated heterocycles. The largest absolute Gasteiger partial charge is 0.493 e. The van der Waals surface area contributed by atoms with Gasteiger partial charge in [-0.25, -0.2) is 9.59 Å². The molecule has 0 N–H and O–H groups in total. The number of para-hydroxylation sites is 1. The van der Waals surface area contributed by atoms with Gasteiger partial charge in [-0.3, -0.25) is 14.6 Å². The van der Waals surface area contributed by atoms with E-state index in [0.29, 0.717) is 42.3 Å². The minimum absolute atomic E-state index is 0.0460. The van der Waals surface area contributed by atoms with Crippen LogP contribution in [0.1, 0.15) is 30.9 Å². The number of fused-ring (bicyclic) bond motifs is 1. The molecule has 1 aliphatic heterocycles. The molecule has 2 heterocycles. The van der Waals surface area contributed by atoms with E-state index < -0.39 is 23.4 Å². The van der Waals surface area contributed by atoms with Gasteiger partial charge in [0, 0.05) is 29.2 Å². The standard InChI is InChI=1S/C25H23F3N2O5/c1-2-7-18-20(11-10-17-19(25(26,27)28)14-22(32)35-23(17)18)34-13-6-12-29-21(31)15-30(24(29)33)16-8-4-3-5-9-16/h3-5,8-11,14H,2,6-7,12-13,15H2,1H3. The Hall–Kier alpha value is -3.82. The quantitative estimate of drug-likeness (QED) is 0.253. The summed E-state index contributed by atoms with van der Waals surface area (Å²) in [6, 6.07) is 11.5. The van der Waals surface area contributed by atoms with Gasteiger partial charge in [-0.15, -0.1) is 0 Å². The van der Waals surface area contributed by atoms with Crippen molar-refractivity contribution >= 4 is 28.6 Å². The maximum atomic E-state index is 13.4. The Bertz CT molecular complexity index is 1300. The Morgan fingerprint density at radius 1 is 1.06 bits per heavy atom. The Morgan fingerprint density at radius 3 is 2.49 bits per heavy atom. The van der Waals surface area contributed by atoms with Crippen LogP contribution in [0.5, 0.6) is 5.75 Å². The van der Waals surface area contributed by atoms with Crippen molar-refractivity contribution in [3.8, 4) is 5.75 Å². The molecule has 1 aliphatic rings. The zero-order valence-electron chi connectivity index (χ0n) is 18.9. The molecule has 10 heteroatoms. The highest BCUT2D eigenvalue weighted by Gasteiger charge is 2.36. The summed E-state index contributed by atoms with van der Waals surface area (Å²) in [6.07, 6.45) is -3.47. The number of anilines is 1. The number of amides is 3. The molecule has 2 aromatic carbocycles. The van der Waals surface area contributed by atoms with E-state index in [1.807, 2.05) is 13.0 Å². The summed E-state index contributed by atoms with van der Waals surface area (Å²) in [6.45, 7) is 2.03. The number of benzene rings is 2. The van der Waals surface area contributed by atoms with Crippen LogP contribution in [0.2, 0.25) is 0 Å². The molecule has 35 heavy (non-hydrogen) atoms. The number of hydrogen-bond acceptors (Lipinski definition) is 5. The number of carbonyl (C=O) groups excluding carboxylic acids is 2. The molecule has 3 aromatic rings. The summed E-state index contributed by atoms with van der Waals surface area (Å²) in [4.78, 5) is 39.4. The normalized spacial score (nSPS) is 14.3. The monoisotopic (exact) mass is 488 g/mol. The highest BCUT2D eigenvalue weighted by molar-refractivity contribution is 6.12. The van der Waals surface area contributed by atoms with Crippen molar-refractivity contribution in [1.29, 1.82) is 0 Å². The Labute approximate surface area is 198 Å². The van der Waals surface area contributed by atoms with Crippen LogP contribution in [0.3, 0.4) is 0 Å². The first kappa shape index (κ1) is 24.3. The molecule has 184 valence electrons. The number of hydrogen-bond donors (Lipinski definition) is 0. The number of urea groups is 1. The van der Waals surface area contributed by atoms with Gasteiger partial charge in [-0.2, -0.15) is 13.2 Å². The zero-order chi connectivity index (χ0) is 25.2. The fraction of sp³-hybridized carbons (Fsp3) is 0.320. The Morgan fingerprint density at radius 2 is 1.80 bits per heavy atom. The first-order chi connectivity index (χ1) is 16.7. The highest BCUT2D eigenvalue weighted by Crippen LogP contribution is 2.37. The topological polar surface area (TPSA) is 80.1 Å². The third-order valence-electron chi connectivity index (χ3n) is 5.69. The van der Waals surface area contributed by atoms with Gasteiger partial charge < -0.3 is 9.15 Å². The van der Waals surface area contributed by atoms with Crippen molar-refractivity contribution in [2.75, 3.05) is 24.6 Å². The summed E-state index contributed by atoms with van der Waals surface area (Å²) in [5.74, 6) is -0.0236. The molecule has 0 saturated carbocycles. The van der Waals surface area contributed by atoms with Crippen LogP contribution < -0.4 is 15.3 Å². The Balaban J connectivity index is 1.48. The van der Waals surface area contributed by atoms with Gasteiger partial charge in [0.05, 0.1) is 12.2 Å². The number of halogens is 3. The molecule has 0 spiro atoms. The van der Waals surface area contributed by atoms with Gasteiger partial charge in [0.25, 0.3) is 5.91 Å². The highest BCUT2D eigenvalue weighted by atomic mass is 19.4. The van der Waals surface area contributed by atoms with E-state index in [4.69, 9.17) is 9.15 Å². The number of nitrogens with zero attached hydrogens (tertiary/aromatic N) is 2. The van der Waals surface area contributed by atoms with Crippen molar-refractivity contribution in [3.63, 3.8) is 0 Å². The molecule has 4 rings (SSSR count). The van der Waals surface area contributed by atoms with E-state index in [-0.39, 0.29) is 36.6 Å². The lowest BCUT2D eigenvalue weighted by atomic mass is 10.0. The van der Waals surface area contributed by atoms with Gasteiger partial charge in [0.2, 0.25) is 0 Å². The van der Waals surface area contributed by atoms with Crippen LogP contribution in [-0.2, 0) is 17.4 Å². The minimum Gasteiger partial charge on any atom is -0.493 e. The fourth-order valence-corrected chi connectivity index (χ4v) is 4.10. The number of carbonyl (C=O) groups is 2. The molecule has 0 unspecified atom stereocenters. The van der Waals surface area contributed by atoms with Crippen LogP contribution in [-0.4, -0.2) is 36.5 Å². The predicted octanol–water partition coefficient (Wildman–Crippen LogP) is 5.00. The first-order valence-corrected chi connectivity index (χ1v) is 11.2. The second kappa shape index (κ2) is 9.81. The maximum absolute atomic E-state index is 13.4. The van der Waals surface area contributed by atoms with Crippen molar-refractivity contribution < 1.29 is 31.9 Å². The van der Waals surface area contributed by atoms with Crippen molar-refractivity contribution in [1.82, 2.24) is 4.90 Å². The summed E-state index contributed by atoms with van der Waals surface area (Å²) in [5.41, 5.74) is -1.29. The van der Waals surface area contributed by atoms with E-state index in [1.165, 1.54) is 17.0 Å². The molecule has 3 amide bonds. The molecule has 7 nitrogen and oxygen atoms in total. The van der Waals surface area contributed by atoms with Gasteiger partial charge in [0.15, 0.2) is 0 Å². The number of rotatable bonds is 8. The fourth-order valence-electron chi connectivity index (χ4n) is 4.10. The summed E-state index contributed by atoms with van der Waals surface area (Å²) in [7, 11) is 0. The second-order valence-corrected chi connectivity index (χ2v) is 8.10. The SMILES string of the molecule is CCCc1c(OCCCN2C(=O)CN(c3ccccc3)C2=O)ccc2c(C(F)(F)F)cc(=O)oc12. The maximum Gasteiger partial charge on any atom is 0.417 e. The molecule has 1 fully saturated rings. The van der Waals surface area contributed by atoms with Crippen molar-refractivity contribution in [2.45, 2.75) is 32.4 Å². The molecule has 0 aliphatic carbocycles. The smallest absolute Gasteiger partial charge is 0.417 e. The average Bonchev–Trinajstić information content (AvgIpc) is 3.10. The number of ether oxygens (including phenoxy) is 1. The Kier molecular flexibility index (Phi) is 6.81. The van der Waals surface area contributed by atoms with Crippen LogP contribution >= 0.6 is 0 Å². The van der Waals surface area contributed by atoms with Crippen LogP contribution in [0, 0.1) is 0 Å². The molecule has 1 aromatic heterocycles. The van der Waals surface area contributed by atoms with Gasteiger partial charge in [-0.05, 0) is 37.1 Å². The molecular formula is C25H23F3N2O5. The predicted molar refractivity (Wildman–Crippen MR) is 122 cm³/mol. The number of alkyl halides is 3. The third-order valence-corrected chi connectivity index (χ3v) is 5.69. The van der Waals surface area contributed by atoms with Gasteiger partial charge in [0.1, 0.15) is 17.9 Å². The first-order valence-electron chi connectivity index (χ1n) is 11.2. The van der Waals surface area contributed by atoms with Crippen LogP contribution in [0.25, 0.3) is 11.0 Å². The molecular weight excluding hydrogens is 465 g/mol. The zero-order valence-corrected chi connectivity index (χ0v) is 18.9.